The Morgan fingerprint density at radius 1 is 1.25 bits per heavy atom. The van der Waals surface area contributed by atoms with E-state index in [-0.39, 0.29) is 5.91 Å². The average molecular weight is 346 g/mol. The number of nitrogens with two attached hydrogens (primary N) is 1. The zero-order valence-electron chi connectivity index (χ0n) is 14.3. The molecule has 2 rings (SSSR count). The first kappa shape index (κ1) is 18.0. The second-order valence-corrected chi connectivity index (χ2v) is 6.82. The number of primary amides is 1. The zero-order chi connectivity index (χ0) is 17.9. The molecule has 1 aromatic heterocycles. The maximum absolute atomic E-state index is 12.4. The summed E-state index contributed by atoms with van der Waals surface area (Å²) in [6.07, 6.45) is 0.254. The van der Waals surface area contributed by atoms with Gasteiger partial charge in [0.1, 0.15) is 10.8 Å². The van der Waals surface area contributed by atoms with E-state index < -0.39 is 12.0 Å². The van der Waals surface area contributed by atoms with Crippen molar-refractivity contribution >= 4 is 28.2 Å². The van der Waals surface area contributed by atoms with E-state index in [0.29, 0.717) is 16.3 Å². The first-order valence-electron chi connectivity index (χ1n) is 7.79. The predicted molar refractivity (Wildman–Crippen MR) is 96.9 cm³/mol. The normalized spacial score (nSPS) is 11.8. The van der Waals surface area contributed by atoms with Crippen LogP contribution < -0.4 is 15.8 Å². The molecule has 24 heavy (non-hydrogen) atoms. The average Bonchev–Trinajstić information content (AvgIpc) is 2.82. The summed E-state index contributed by atoms with van der Waals surface area (Å²) in [6, 6.07) is 7.63. The van der Waals surface area contributed by atoms with Gasteiger partial charge in [0.15, 0.2) is 6.10 Å². The van der Waals surface area contributed by atoms with Gasteiger partial charge in [-0.15, -0.1) is 11.3 Å². The lowest BCUT2D eigenvalue weighted by Gasteiger charge is -2.15. The number of carbonyl (C=O) groups is 2. The quantitative estimate of drug-likeness (QED) is 0.841. The molecule has 5 nitrogen and oxygen atoms in total. The number of benzene rings is 1. The van der Waals surface area contributed by atoms with Gasteiger partial charge in [-0.25, -0.2) is 0 Å². The smallest absolute Gasteiger partial charge is 0.265 e. The third-order valence-corrected chi connectivity index (χ3v) is 5.00. The van der Waals surface area contributed by atoms with E-state index in [2.05, 4.69) is 12.2 Å². The lowest BCUT2D eigenvalue weighted by molar-refractivity contribution is -0.122. The summed E-state index contributed by atoms with van der Waals surface area (Å²) in [5.74, 6) is -0.238. The second-order valence-electron chi connectivity index (χ2n) is 5.60. The van der Waals surface area contributed by atoms with Crippen LogP contribution in [0.1, 0.15) is 40.2 Å². The highest BCUT2D eigenvalue weighted by molar-refractivity contribution is 7.16. The van der Waals surface area contributed by atoms with Gasteiger partial charge in [-0.05, 0) is 50.5 Å². The Balaban J connectivity index is 2.09. The van der Waals surface area contributed by atoms with Gasteiger partial charge in [0, 0.05) is 4.88 Å². The molecule has 0 fully saturated rings. The first-order valence-corrected chi connectivity index (χ1v) is 8.61. The van der Waals surface area contributed by atoms with Crippen molar-refractivity contribution in [2.45, 2.75) is 40.2 Å². The van der Waals surface area contributed by atoms with Gasteiger partial charge >= 0.3 is 0 Å². The molecule has 1 aromatic carbocycles. The fourth-order valence-electron chi connectivity index (χ4n) is 2.29. The van der Waals surface area contributed by atoms with Gasteiger partial charge in [-0.1, -0.05) is 19.1 Å². The lowest BCUT2D eigenvalue weighted by Crippen LogP contribution is -2.30. The van der Waals surface area contributed by atoms with Gasteiger partial charge < -0.3 is 15.8 Å². The Hall–Kier alpha value is -2.34. The summed E-state index contributed by atoms with van der Waals surface area (Å²) < 4.78 is 5.66. The van der Waals surface area contributed by atoms with Crippen LogP contribution in [-0.2, 0) is 11.2 Å². The maximum atomic E-state index is 12.4. The molecule has 0 saturated heterocycles. The molecular weight excluding hydrogens is 324 g/mol. The van der Waals surface area contributed by atoms with Gasteiger partial charge in [0.05, 0.1) is 5.56 Å². The number of rotatable bonds is 6. The monoisotopic (exact) mass is 346 g/mol. The maximum Gasteiger partial charge on any atom is 0.265 e. The first-order chi connectivity index (χ1) is 11.3. The standard InChI is InChI=1S/C18H22N2O3S/c1-5-13-6-8-14(9-7-13)23-11(3)17(22)20-18-15(16(19)21)10(2)12(4)24-18/h6-9,11H,5H2,1-4H3,(H2,19,21)(H,20,22)/t11-/m0/s1. The van der Waals surface area contributed by atoms with Crippen molar-refractivity contribution in [3.05, 3.63) is 45.8 Å². The van der Waals surface area contributed by atoms with E-state index in [4.69, 9.17) is 10.5 Å². The molecule has 0 aliphatic rings. The molecule has 1 heterocycles. The molecule has 2 amide bonds. The van der Waals surface area contributed by atoms with Crippen molar-refractivity contribution in [3.63, 3.8) is 0 Å². The highest BCUT2D eigenvalue weighted by Gasteiger charge is 2.22. The molecule has 2 aromatic rings. The Morgan fingerprint density at radius 3 is 2.42 bits per heavy atom. The molecule has 128 valence electrons. The van der Waals surface area contributed by atoms with Crippen molar-refractivity contribution in [1.29, 1.82) is 0 Å². The Morgan fingerprint density at radius 2 is 1.88 bits per heavy atom. The van der Waals surface area contributed by atoms with Crippen LogP contribution >= 0.6 is 11.3 Å². The number of carbonyl (C=O) groups excluding carboxylic acids is 2. The second kappa shape index (κ2) is 7.49. The van der Waals surface area contributed by atoms with Crippen molar-refractivity contribution in [1.82, 2.24) is 0 Å². The molecule has 0 bridgehead atoms. The minimum Gasteiger partial charge on any atom is -0.481 e. The number of nitrogens with one attached hydrogen (secondary N) is 1. The van der Waals surface area contributed by atoms with E-state index in [0.717, 1.165) is 16.9 Å². The minimum atomic E-state index is -0.694. The molecular formula is C18H22N2O3S. The number of hydrogen-bond acceptors (Lipinski definition) is 4. The van der Waals surface area contributed by atoms with Gasteiger partial charge in [-0.2, -0.15) is 0 Å². The van der Waals surface area contributed by atoms with Gasteiger partial charge in [0.25, 0.3) is 11.8 Å². The largest absolute Gasteiger partial charge is 0.481 e. The molecule has 0 saturated carbocycles. The molecule has 0 radical (unpaired) electrons. The van der Waals surface area contributed by atoms with Crippen LogP contribution in [0.3, 0.4) is 0 Å². The van der Waals surface area contributed by atoms with Crippen LogP contribution in [0.4, 0.5) is 5.00 Å². The van der Waals surface area contributed by atoms with Gasteiger partial charge in [-0.3, -0.25) is 9.59 Å². The topological polar surface area (TPSA) is 81.4 Å². The van der Waals surface area contributed by atoms with E-state index >= 15 is 0 Å². The third kappa shape index (κ3) is 3.94. The van der Waals surface area contributed by atoms with Crippen LogP contribution in [0.25, 0.3) is 0 Å². The summed E-state index contributed by atoms with van der Waals surface area (Å²) in [6.45, 7) is 7.45. The fourth-order valence-corrected chi connectivity index (χ4v) is 3.36. The summed E-state index contributed by atoms with van der Waals surface area (Å²) >= 11 is 1.34. The molecule has 0 spiro atoms. The molecule has 6 heteroatoms. The highest BCUT2D eigenvalue weighted by Crippen LogP contribution is 2.32. The van der Waals surface area contributed by atoms with Crippen LogP contribution in [0, 0.1) is 13.8 Å². The predicted octanol–water partition coefficient (Wildman–Crippen LogP) is 3.43. The number of thiophene rings is 1. The van der Waals surface area contributed by atoms with Crippen LogP contribution in [-0.4, -0.2) is 17.9 Å². The van der Waals surface area contributed by atoms with Crippen LogP contribution in [0.2, 0.25) is 0 Å². The molecule has 1 atom stereocenters. The number of ether oxygens (including phenoxy) is 1. The van der Waals surface area contributed by atoms with Crippen molar-refractivity contribution in [2.75, 3.05) is 5.32 Å². The highest BCUT2D eigenvalue weighted by atomic mass is 32.1. The van der Waals surface area contributed by atoms with E-state index in [1.54, 1.807) is 6.92 Å². The lowest BCUT2D eigenvalue weighted by atomic mass is 10.1. The van der Waals surface area contributed by atoms with Crippen molar-refractivity contribution in [3.8, 4) is 5.75 Å². The minimum absolute atomic E-state index is 0.321. The fraction of sp³-hybridized carbons (Fsp3) is 0.333. The number of hydrogen-bond donors (Lipinski definition) is 2. The molecule has 0 unspecified atom stereocenters. The van der Waals surface area contributed by atoms with Crippen LogP contribution in [0.15, 0.2) is 24.3 Å². The number of aryl methyl sites for hydroxylation is 2. The van der Waals surface area contributed by atoms with E-state index in [9.17, 15) is 9.59 Å². The number of amides is 2. The SMILES string of the molecule is CCc1ccc(O[C@@H](C)C(=O)Nc2sc(C)c(C)c2C(N)=O)cc1. The molecule has 3 N–H and O–H groups in total. The van der Waals surface area contributed by atoms with E-state index in [1.165, 1.54) is 16.9 Å². The van der Waals surface area contributed by atoms with Gasteiger partial charge in [0.2, 0.25) is 0 Å². The summed E-state index contributed by atoms with van der Waals surface area (Å²) in [5, 5.41) is 3.22. The zero-order valence-corrected chi connectivity index (χ0v) is 15.1. The van der Waals surface area contributed by atoms with Crippen molar-refractivity contribution < 1.29 is 14.3 Å². The van der Waals surface area contributed by atoms with E-state index in [1.807, 2.05) is 38.1 Å². The third-order valence-electron chi connectivity index (χ3n) is 3.88. The Kier molecular flexibility index (Phi) is 5.62. The molecule has 0 aliphatic carbocycles. The van der Waals surface area contributed by atoms with Crippen LogP contribution in [0.5, 0.6) is 5.75 Å². The van der Waals surface area contributed by atoms with Crippen molar-refractivity contribution in [2.24, 2.45) is 5.73 Å². The number of anilines is 1. The summed E-state index contributed by atoms with van der Waals surface area (Å²) in [4.78, 5) is 24.9. The molecule has 0 aliphatic heterocycles. The summed E-state index contributed by atoms with van der Waals surface area (Å²) in [5.41, 5.74) is 7.78. The summed E-state index contributed by atoms with van der Waals surface area (Å²) in [7, 11) is 0. The Labute approximate surface area is 145 Å². The Bertz CT molecular complexity index is 750.